The Morgan fingerprint density at radius 2 is 1.71 bits per heavy atom. The van der Waals surface area contributed by atoms with Crippen molar-refractivity contribution < 1.29 is 14.3 Å². The molecule has 220 valence electrons. The summed E-state index contributed by atoms with van der Waals surface area (Å²) in [5.74, 6) is 0.390. The minimum Gasteiger partial charge on any atom is -0.379 e. The van der Waals surface area contributed by atoms with Gasteiger partial charge in [0, 0.05) is 42.1 Å². The van der Waals surface area contributed by atoms with Gasteiger partial charge in [0.1, 0.15) is 5.82 Å². The van der Waals surface area contributed by atoms with Crippen molar-refractivity contribution >= 4 is 34.2 Å². The first kappa shape index (κ1) is 29.3. The van der Waals surface area contributed by atoms with Gasteiger partial charge >= 0.3 is 6.03 Å². The fourth-order valence-electron chi connectivity index (χ4n) is 5.05. The van der Waals surface area contributed by atoms with Gasteiger partial charge in [-0.1, -0.05) is 63.2 Å². The molecule has 1 saturated heterocycles. The molecule has 0 atom stereocenters. The number of rotatable bonds is 8. The third-order valence-electron chi connectivity index (χ3n) is 7.51. The van der Waals surface area contributed by atoms with Gasteiger partial charge in [-0.2, -0.15) is 5.10 Å². The molecule has 3 aromatic carbocycles. The highest BCUT2D eigenvalue weighted by molar-refractivity contribution is 6.06. The van der Waals surface area contributed by atoms with E-state index in [0.29, 0.717) is 23.6 Å². The quantitative estimate of drug-likeness (QED) is 0.236. The number of hydrogen-bond acceptors (Lipinski definition) is 5. The van der Waals surface area contributed by atoms with Crippen LogP contribution in [0.1, 0.15) is 48.8 Å². The molecule has 0 radical (unpaired) electrons. The first-order valence-electron chi connectivity index (χ1n) is 14.5. The number of urea groups is 1. The molecule has 0 aliphatic carbocycles. The van der Waals surface area contributed by atoms with Crippen molar-refractivity contribution in [3.05, 3.63) is 83.6 Å². The van der Waals surface area contributed by atoms with Crippen molar-refractivity contribution in [1.29, 1.82) is 0 Å². The predicted octanol–water partition coefficient (Wildman–Crippen LogP) is 5.73. The van der Waals surface area contributed by atoms with Gasteiger partial charge < -0.3 is 15.4 Å². The molecule has 0 saturated carbocycles. The molecule has 1 aromatic heterocycles. The van der Waals surface area contributed by atoms with Gasteiger partial charge in [0.05, 0.1) is 30.3 Å². The highest BCUT2D eigenvalue weighted by Crippen LogP contribution is 2.28. The second-order valence-electron chi connectivity index (χ2n) is 11.7. The summed E-state index contributed by atoms with van der Waals surface area (Å²) < 4.78 is 7.10. The third kappa shape index (κ3) is 6.98. The van der Waals surface area contributed by atoms with E-state index in [1.807, 2.05) is 73.7 Å². The molecule has 4 aromatic rings. The molecule has 3 N–H and O–H groups in total. The number of benzene rings is 3. The lowest BCUT2D eigenvalue weighted by Gasteiger charge is -2.26. The number of ether oxygens (including phenoxy) is 1. The molecule has 1 aliphatic rings. The van der Waals surface area contributed by atoms with Crippen LogP contribution in [0.5, 0.6) is 0 Å². The Balaban J connectivity index is 1.33. The average Bonchev–Trinajstić information content (AvgIpc) is 3.40. The summed E-state index contributed by atoms with van der Waals surface area (Å²) in [6.45, 7) is 13.1. The maximum atomic E-state index is 13.2. The number of carbonyl (C=O) groups excluding carboxylic acids is 2. The van der Waals surface area contributed by atoms with E-state index < -0.39 is 0 Å². The van der Waals surface area contributed by atoms with E-state index in [0.717, 1.165) is 67.0 Å². The first-order chi connectivity index (χ1) is 20.2. The Morgan fingerprint density at radius 3 is 2.50 bits per heavy atom. The summed E-state index contributed by atoms with van der Waals surface area (Å²) in [4.78, 5) is 28.8. The number of aromatic nitrogens is 2. The number of nitrogens with one attached hydrogen (secondary N) is 3. The fourth-order valence-corrected chi connectivity index (χ4v) is 5.05. The van der Waals surface area contributed by atoms with Crippen LogP contribution in [0, 0.1) is 6.92 Å². The van der Waals surface area contributed by atoms with E-state index in [4.69, 9.17) is 9.84 Å². The van der Waals surface area contributed by atoms with Crippen LogP contribution in [-0.4, -0.2) is 66.0 Å². The Morgan fingerprint density at radius 1 is 0.952 bits per heavy atom. The van der Waals surface area contributed by atoms with E-state index in [-0.39, 0.29) is 17.4 Å². The van der Waals surface area contributed by atoms with Gasteiger partial charge in [0.15, 0.2) is 0 Å². The van der Waals surface area contributed by atoms with Gasteiger partial charge in [0.25, 0.3) is 5.91 Å². The Hall–Kier alpha value is -4.21. The van der Waals surface area contributed by atoms with Crippen molar-refractivity contribution in [3.63, 3.8) is 0 Å². The van der Waals surface area contributed by atoms with E-state index >= 15 is 0 Å². The highest BCUT2D eigenvalue weighted by Gasteiger charge is 2.22. The van der Waals surface area contributed by atoms with E-state index in [9.17, 15) is 9.59 Å². The molecule has 3 amide bonds. The molecule has 42 heavy (non-hydrogen) atoms. The Labute approximate surface area is 247 Å². The smallest absolute Gasteiger partial charge is 0.324 e. The SMILES string of the molecule is Cc1ccc(-n2nc(C(C)(C)C)cc2NC(=O)Nc2cccc3ccccc23)cc1C(=O)NCCCN1CCOCC1. The molecule has 9 heteroatoms. The van der Waals surface area contributed by atoms with Crippen molar-refractivity contribution in [1.82, 2.24) is 20.0 Å². The predicted molar refractivity (Wildman–Crippen MR) is 168 cm³/mol. The van der Waals surface area contributed by atoms with Crippen LogP contribution in [0.25, 0.3) is 16.5 Å². The van der Waals surface area contributed by atoms with Crippen LogP contribution in [0.2, 0.25) is 0 Å². The summed E-state index contributed by atoms with van der Waals surface area (Å²) in [5.41, 5.74) is 3.43. The topological polar surface area (TPSA) is 101 Å². The second kappa shape index (κ2) is 12.8. The van der Waals surface area contributed by atoms with Gasteiger partial charge in [-0.3, -0.25) is 15.0 Å². The summed E-state index contributed by atoms with van der Waals surface area (Å²) in [6.07, 6.45) is 0.873. The lowest BCUT2D eigenvalue weighted by Crippen LogP contribution is -2.38. The summed E-state index contributed by atoms with van der Waals surface area (Å²) in [6, 6.07) is 20.9. The highest BCUT2D eigenvalue weighted by atomic mass is 16.5. The van der Waals surface area contributed by atoms with Crippen molar-refractivity contribution in [2.45, 2.75) is 39.5 Å². The molecule has 2 heterocycles. The molecule has 0 bridgehead atoms. The van der Waals surface area contributed by atoms with Gasteiger partial charge in [-0.15, -0.1) is 0 Å². The Kier molecular flexibility index (Phi) is 8.89. The van der Waals surface area contributed by atoms with E-state index in [1.165, 1.54) is 0 Å². The number of fused-ring (bicyclic) bond motifs is 1. The van der Waals surface area contributed by atoms with Crippen molar-refractivity contribution in [2.75, 3.05) is 50.0 Å². The summed E-state index contributed by atoms with van der Waals surface area (Å²) in [5, 5.41) is 15.9. The molecule has 0 spiro atoms. The van der Waals surface area contributed by atoms with Crippen LogP contribution < -0.4 is 16.0 Å². The van der Waals surface area contributed by atoms with Crippen LogP contribution >= 0.6 is 0 Å². The molecule has 9 nitrogen and oxygen atoms in total. The molecule has 1 aliphatic heterocycles. The van der Waals surface area contributed by atoms with Gasteiger partial charge in [-0.05, 0) is 49.0 Å². The Bertz CT molecular complexity index is 1560. The fraction of sp³-hybridized carbons (Fsp3) is 0.364. The number of aryl methyl sites for hydroxylation is 1. The zero-order chi connectivity index (χ0) is 29.7. The second-order valence-corrected chi connectivity index (χ2v) is 11.7. The largest absolute Gasteiger partial charge is 0.379 e. The standard InChI is InChI=1S/C33H40N6O3/c1-23-13-14-25(21-27(23)31(40)34-15-8-16-38-17-19-42-20-18-38)39-30(22-29(37-39)33(2,3)4)36-32(41)35-28-12-7-10-24-9-5-6-11-26(24)28/h5-7,9-14,21-22H,8,15-20H2,1-4H3,(H,34,40)(H2,35,36,41). The number of nitrogens with zero attached hydrogens (tertiary/aromatic N) is 3. The molecular formula is C33H40N6O3. The molecule has 1 fully saturated rings. The third-order valence-corrected chi connectivity index (χ3v) is 7.51. The molecule has 5 rings (SSSR count). The monoisotopic (exact) mass is 568 g/mol. The number of anilines is 2. The van der Waals surface area contributed by atoms with E-state index in [1.54, 1.807) is 4.68 Å². The van der Waals surface area contributed by atoms with Crippen LogP contribution in [0.3, 0.4) is 0 Å². The first-order valence-corrected chi connectivity index (χ1v) is 14.5. The molecule has 0 unspecified atom stereocenters. The van der Waals surface area contributed by atoms with Crippen molar-refractivity contribution in [3.8, 4) is 5.69 Å². The number of amides is 3. The van der Waals surface area contributed by atoms with Crippen LogP contribution in [0.15, 0.2) is 66.7 Å². The van der Waals surface area contributed by atoms with Gasteiger partial charge in [-0.25, -0.2) is 9.48 Å². The van der Waals surface area contributed by atoms with Gasteiger partial charge in [0.2, 0.25) is 0 Å². The number of morpholine rings is 1. The zero-order valence-electron chi connectivity index (χ0n) is 24.9. The lowest BCUT2D eigenvalue weighted by molar-refractivity contribution is 0.0374. The lowest BCUT2D eigenvalue weighted by atomic mass is 9.92. The minimum absolute atomic E-state index is 0.122. The maximum Gasteiger partial charge on any atom is 0.324 e. The van der Waals surface area contributed by atoms with Crippen LogP contribution in [0.4, 0.5) is 16.3 Å². The normalized spacial score (nSPS) is 14.1. The molecular weight excluding hydrogens is 528 g/mol. The minimum atomic E-state index is -0.377. The van der Waals surface area contributed by atoms with E-state index in [2.05, 4.69) is 41.6 Å². The van der Waals surface area contributed by atoms with Crippen LogP contribution in [-0.2, 0) is 10.2 Å². The average molecular weight is 569 g/mol. The maximum absolute atomic E-state index is 13.2. The van der Waals surface area contributed by atoms with Crippen molar-refractivity contribution in [2.24, 2.45) is 0 Å². The number of hydrogen-bond donors (Lipinski definition) is 3. The summed E-state index contributed by atoms with van der Waals surface area (Å²) >= 11 is 0. The number of carbonyl (C=O) groups is 2. The zero-order valence-corrected chi connectivity index (χ0v) is 24.9. The summed E-state index contributed by atoms with van der Waals surface area (Å²) in [7, 11) is 0.